The van der Waals surface area contributed by atoms with E-state index in [1.54, 1.807) is 23.0 Å². The number of nitrogens with zero attached hydrogens (tertiary/aromatic N) is 6. The first-order chi connectivity index (χ1) is 15.7. The molecule has 1 saturated heterocycles. The summed E-state index contributed by atoms with van der Waals surface area (Å²) in [7, 11) is 0. The molecule has 32 heavy (non-hydrogen) atoms. The molecule has 1 aliphatic heterocycles. The Morgan fingerprint density at radius 2 is 2.06 bits per heavy atom. The molecule has 1 aromatic carbocycles. The first-order valence-corrected chi connectivity index (χ1v) is 10.8. The number of carbonyl (C=O) groups is 1. The van der Waals surface area contributed by atoms with Gasteiger partial charge in [0.2, 0.25) is 0 Å². The van der Waals surface area contributed by atoms with Crippen molar-refractivity contribution in [2.24, 2.45) is 0 Å². The Bertz CT molecular complexity index is 1250. The van der Waals surface area contributed by atoms with Gasteiger partial charge in [-0.15, -0.1) is 0 Å². The van der Waals surface area contributed by atoms with E-state index in [0.717, 1.165) is 38.4 Å². The number of carbonyl (C=O) groups excluding carboxylic acids is 1. The van der Waals surface area contributed by atoms with Gasteiger partial charge in [-0.05, 0) is 18.2 Å². The average molecular weight is 452 g/mol. The zero-order valence-electron chi connectivity index (χ0n) is 17.3. The lowest BCUT2D eigenvalue weighted by atomic mass is 10.1. The fraction of sp³-hybridized carbons (Fsp3) is 0.273. The molecule has 0 unspecified atom stereocenters. The summed E-state index contributed by atoms with van der Waals surface area (Å²) in [6.07, 6.45) is 6.75. The van der Waals surface area contributed by atoms with E-state index in [0.29, 0.717) is 34.2 Å². The Labute approximate surface area is 189 Å². The van der Waals surface area contributed by atoms with Crippen LogP contribution in [0.5, 0.6) is 0 Å². The number of amides is 1. The summed E-state index contributed by atoms with van der Waals surface area (Å²) in [5.74, 6) is -0.297. The van der Waals surface area contributed by atoms with E-state index >= 15 is 0 Å². The molecule has 3 aromatic heterocycles. The molecule has 1 N–H and O–H groups in total. The van der Waals surface area contributed by atoms with Gasteiger partial charge >= 0.3 is 0 Å². The summed E-state index contributed by atoms with van der Waals surface area (Å²) in [6, 6.07) is 9.20. The van der Waals surface area contributed by atoms with Crippen LogP contribution in [0.25, 0.3) is 16.9 Å². The van der Waals surface area contributed by atoms with Crippen molar-refractivity contribution in [3.63, 3.8) is 0 Å². The number of anilines is 1. The van der Waals surface area contributed by atoms with Crippen molar-refractivity contribution in [2.45, 2.75) is 6.54 Å². The summed E-state index contributed by atoms with van der Waals surface area (Å²) in [4.78, 5) is 19.7. The molecule has 1 aliphatic rings. The molecule has 0 radical (unpaired) electrons. The van der Waals surface area contributed by atoms with Crippen LogP contribution in [0.2, 0.25) is 5.02 Å². The zero-order chi connectivity index (χ0) is 21.9. The number of nitrogens with one attached hydrogen (secondary N) is 1. The van der Waals surface area contributed by atoms with Gasteiger partial charge in [0.15, 0.2) is 5.65 Å². The molecular formula is C22H22ClN7O2. The lowest BCUT2D eigenvalue weighted by Gasteiger charge is -2.26. The summed E-state index contributed by atoms with van der Waals surface area (Å²) in [5.41, 5.74) is 2.98. The van der Waals surface area contributed by atoms with Crippen LogP contribution in [0.4, 0.5) is 5.69 Å². The topological polar surface area (TPSA) is 89.6 Å². The second-order valence-electron chi connectivity index (χ2n) is 7.52. The molecule has 0 saturated carbocycles. The predicted octanol–water partition coefficient (Wildman–Crippen LogP) is 2.83. The maximum atomic E-state index is 13.1. The maximum absolute atomic E-state index is 13.1. The third-order valence-corrected chi connectivity index (χ3v) is 5.62. The highest BCUT2D eigenvalue weighted by Gasteiger charge is 2.19. The Kier molecular flexibility index (Phi) is 5.85. The van der Waals surface area contributed by atoms with Gasteiger partial charge in [-0.3, -0.25) is 14.4 Å². The summed E-state index contributed by atoms with van der Waals surface area (Å²) < 4.78 is 8.84. The molecule has 0 bridgehead atoms. The van der Waals surface area contributed by atoms with Gasteiger partial charge in [0.05, 0.1) is 31.6 Å². The SMILES string of the molecule is O=C(Nc1cn(CCN2CCOCC2)nc1-c1cccc(Cl)c1)c1cnn2cccnc12. The lowest BCUT2D eigenvalue weighted by Crippen LogP contribution is -2.38. The van der Waals surface area contributed by atoms with Gasteiger partial charge in [0.1, 0.15) is 11.3 Å². The van der Waals surface area contributed by atoms with Crippen molar-refractivity contribution in [1.29, 1.82) is 0 Å². The largest absolute Gasteiger partial charge is 0.379 e. The fourth-order valence-corrected chi connectivity index (χ4v) is 3.91. The van der Waals surface area contributed by atoms with Crippen LogP contribution >= 0.6 is 11.6 Å². The zero-order valence-corrected chi connectivity index (χ0v) is 18.1. The molecule has 0 spiro atoms. The molecule has 1 amide bonds. The highest BCUT2D eigenvalue weighted by atomic mass is 35.5. The Hall–Kier alpha value is -3.27. The summed E-state index contributed by atoms with van der Waals surface area (Å²) in [6.45, 7) is 4.87. The number of hydrogen-bond donors (Lipinski definition) is 1. The Morgan fingerprint density at radius 1 is 1.19 bits per heavy atom. The highest BCUT2D eigenvalue weighted by molar-refractivity contribution is 6.30. The molecule has 10 heteroatoms. The number of benzene rings is 1. The van der Waals surface area contributed by atoms with Gasteiger partial charge < -0.3 is 10.1 Å². The molecule has 5 rings (SSSR count). The standard InChI is InChI=1S/C22H22ClN7O2/c23-17-4-1-3-16(13-17)20-19(15-29(27-20)8-7-28-9-11-32-12-10-28)26-22(31)18-14-25-30-6-2-5-24-21(18)30/h1-6,13-15H,7-12H2,(H,26,31). The molecule has 9 nitrogen and oxygen atoms in total. The summed E-state index contributed by atoms with van der Waals surface area (Å²) >= 11 is 6.21. The van der Waals surface area contributed by atoms with E-state index in [2.05, 4.69) is 20.3 Å². The third kappa shape index (κ3) is 4.36. The molecule has 0 aliphatic carbocycles. The molecule has 0 atom stereocenters. The van der Waals surface area contributed by atoms with Crippen LogP contribution < -0.4 is 5.32 Å². The van der Waals surface area contributed by atoms with E-state index in [9.17, 15) is 4.79 Å². The van der Waals surface area contributed by atoms with Crippen LogP contribution in [0, 0.1) is 0 Å². The van der Waals surface area contributed by atoms with E-state index in [-0.39, 0.29) is 5.91 Å². The monoisotopic (exact) mass is 451 g/mol. The van der Waals surface area contributed by atoms with E-state index in [1.807, 2.05) is 35.1 Å². The van der Waals surface area contributed by atoms with Gasteiger partial charge in [-0.2, -0.15) is 10.2 Å². The van der Waals surface area contributed by atoms with Gasteiger partial charge in [0, 0.05) is 48.8 Å². The van der Waals surface area contributed by atoms with Crippen LogP contribution in [0.1, 0.15) is 10.4 Å². The van der Waals surface area contributed by atoms with Crippen LogP contribution in [-0.4, -0.2) is 68.0 Å². The van der Waals surface area contributed by atoms with Crippen molar-refractivity contribution in [3.8, 4) is 11.3 Å². The van der Waals surface area contributed by atoms with E-state index in [1.165, 1.54) is 6.20 Å². The fourth-order valence-electron chi connectivity index (χ4n) is 3.72. The van der Waals surface area contributed by atoms with Crippen LogP contribution in [0.3, 0.4) is 0 Å². The minimum Gasteiger partial charge on any atom is -0.379 e. The Morgan fingerprint density at radius 3 is 2.91 bits per heavy atom. The average Bonchev–Trinajstić information content (AvgIpc) is 3.42. The molecule has 1 fully saturated rings. The number of morpholine rings is 1. The molecule has 4 heterocycles. The van der Waals surface area contributed by atoms with Gasteiger partial charge in [0.25, 0.3) is 5.91 Å². The van der Waals surface area contributed by atoms with Crippen molar-refractivity contribution in [3.05, 3.63) is 65.7 Å². The third-order valence-electron chi connectivity index (χ3n) is 5.38. The van der Waals surface area contributed by atoms with Crippen molar-refractivity contribution < 1.29 is 9.53 Å². The van der Waals surface area contributed by atoms with Crippen molar-refractivity contribution in [2.75, 3.05) is 38.2 Å². The van der Waals surface area contributed by atoms with E-state index < -0.39 is 0 Å². The van der Waals surface area contributed by atoms with Crippen LogP contribution in [-0.2, 0) is 11.3 Å². The number of ether oxygens (including phenoxy) is 1. The Balaban J connectivity index is 1.42. The first-order valence-electron chi connectivity index (χ1n) is 10.4. The van der Waals surface area contributed by atoms with Crippen molar-refractivity contribution >= 4 is 28.8 Å². The van der Waals surface area contributed by atoms with Crippen molar-refractivity contribution in [1.82, 2.24) is 29.3 Å². The van der Waals surface area contributed by atoms with E-state index in [4.69, 9.17) is 21.4 Å². The number of rotatable bonds is 6. The maximum Gasteiger partial charge on any atom is 0.261 e. The number of halogens is 1. The van der Waals surface area contributed by atoms with Gasteiger partial charge in [-0.25, -0.2) is 9.50 Å². The lowest BCUT2D eigenvalue weighted by molar-refractivity contribution is 0.0360. The number of hydrogen-bond acceptors (Lipinski definition) is 6. The molecule has 164 valence electrons. The van der Waals surface area contributed by atoms with Gasteiger partial charge in [-0.1, -0.05) is 23.7 Å². The summed E-state index contributed by atoms with van der Waals surface area (Å²) in [5, 5.41) is 12.5. The highest BCUT2D eigenvalue weighted by Crippen LogP contribution is 2.29. The normalized spacial score (nSPS) is 14.7. The second kappa shape index (κ2) is 9.07. The number of fused-ring (bicyclic) bond motifs is 1. The smallest absolute Gasteiger partial charge is 0.261 e. The minimum atomic E-state index is -0.297. The minimum absolute atomic E-state index is 0.297. The second-order valence-corrected chi connectivity index (χ2v) is 7.96. The predicted molar refractivity (Wildman–Crippen MR) is 121 cm³/mol. The first kappa shape index (κ1) is 20.6. The number of aromatic nitrogens is 5. The molecular weight excluding hydrogens is 430 g/mol. The van der Waals surface area contributed by atoms with Crippen LogP contribution in [0.15, 0.2) is 55.1 Å². The quantitative estimate of drug-likeness (QED) is 0.485. The molecule has 4 aromatic rings.